The van der Waals surface area contributed by atoms with E-state index in [4.69, 9.17) is 9.84 Å². The molecule has 1 aromatic carbocycles. The number of benzene rings is 1. The third-order valence-corrected chi connectivity index (χ3v) is 6.15. The van der Waals surface area contributed by atoms with Gasteiger partial charge in [0.25, 0.3) is 0 Å². The summed E-state index contributed by atoms with van der Waals surface area (Å²) in [6, 6.07) is 9.88. The van der Waals surface area contributed by atoms with Crippen molar-refractivity contribution in [1.82, 2.24) is 4.90 Å². The molecule has 1 aliphatic heterocycles. The lowest BCUT2D eigenvalue weighted by Gasteiger charge is -2.33. The molecule has 1 fully saturated rings. The Balaban J connectivity index is 1.61. The minimum atomic E-state index is -3.46. The number of aliphatic hydroxyl groups excluding tert-OH is 1. The van der Waals surface area contributed by atoms with E-state index in [9.17, 15) is 23.5 Å². The van der Waals surface area contributed by atoms with Gasteiger partial charge in [0.1, 0.15) is 11.0 Å². The Kier molecular flexibility index (Phi) is 7.40. The van der Waals surface area contributed by atoms with Gasteiger partial charge in [-0.3, -0.25) is 0 Å². The first-order chi connectivity index (χ1) is 14.8. The van der Waals surface area contributed by atoms with Gasteiger partial charge in [0.05, 0.1) is 12.6 Å². The second-order valence-electron chi connectivity index (χ2n) is 7.16. The molecule has 0 unspecified atom stereocenters. The third kappa shape index (κ3) is 5.68. The van der Waals surface area contributed by atoms with Crippen molar-refractivity contribution in [3.05, 3.63) is 69.9 Å². The molecule has 2 aromatic rings. The fourth-order valence-electron chi connectivity index (χ4n) is 3.33. The number of carbonyl (C=O) groups is 2. The Hall–Kier alpha value is -2.78. The van der Waals surface area contributed by atoms with Gasteiger partial charge in [-0.05, 0) is 25.0 Å². The molecule has 1 saturated heterocycles. The molecule has 1 aliphatic rings. The van der Waals surface area contributed by atoms with Crippen LogP contribution in [0.1, 0.15) is 33.0 Å². The Morgan fingerprint density at radius 1 is 1.29 bits per heavy atom. The number of aryl methyl sites for hydroxylation is 1. The molecule has 166 valence electrons. The van der Waals surface area contributed by atoms with Crippen LogP contribution in [-0.4, -0.2) is 52.5 Å². The number of nitrogens with zero attached hydrogens (tertiary/aromatic N) is 1. The quantitative estimate of drug-likeness (QED) is 0.555. The van der Waals surface area contributed by atoms with Crippen molar-refractivity contribution in [3.8, 4) is 0 Å². The zero-order valence-electron chi connectivity index (χ0n) is 16.6. The van der Waals surface area contributed by atoms with E-state index in [0.29, 0.717) is 25.8 Å². The van der Waals surface area contributed by atoms with Gasteiger partial charge in [0.2, 0.25) is 0 Å². The number of thiophene rings is 1. The lowest BCUT2D eigenvalue weighted by molar-refractivity contribution is -0.0930. The van der Waals surface area contributed by atoms with Gasteiger partial charge < -0.3 is 19.8 Å². The number of carbonyl (C=O) groups excluding carboxylic acids is 1. The molecule has 2 heterocycles. The van der Waals surface area contributed by atoms with Crippen LogP contribution in [0.3, 0.4) is 0 Å². The van der Waals surface area contributed by atoms with E-state index in [1.54, 1.807) is 12.1 Å². The van der Waals surface area contributed by atoms with Gasteiger partial charge in [-0.2, -0.15) is 8.78 Å². The van der Waals surface area contributed by atoms with E-state index in [1.807, 2.05) is 0 Å². The van der Waals surface area contributed by atoms with Crippen LogP contribution in [0.4, 0.5) is 13.6 Å². The average molecular weight is 451 g/mol. The fraction of sp³-hybridized carbons (Fsp3) is 0.364. The zero-order valence-corrected chi connectivity index (χ0v) is 17.4. The largest absolute Gasteiger partial charge is 0.477 e. The number of carboxylic acid groups (broad SMARTS) is 1. The molecule has 9 heteroatoms. The number of rotatable bonds is 9. The van der Waals surface area contributed by atoms with Crippen LogP contribution in [0, 0.1) is 0 Å². The molecule has 0 aliphatic carbocycles. The van der Waals surface area contributed by atoms with Gasteiger partial charge in [-0.25, -0.2) is 9.59 Å². The SMILES string of the molecule is O=C(O)c1ccc(CCCN2C(=O)OCC[C@@H]2C=C[C@@H](O)C(F)(F)c2ccccc2)s1. The first-order valence-electron chi connectivity index (χ1n) is 9.84. The number of alkyl halides is 2. The predicted molar refractivity (Wildman–Crippen MR) is 112 cm³/mol. The molecule has 1 aromatic heterocycles. The Labute approximate surface area is 182 Å². The Morgan fingerprint density at radius 2 is 2.03 bits per heavy atom. The second kappa shape index (κ2) is 10.0. The average Bonchev–Trinajstić information content (AvgIpc) is 3.23. The number of ether oxygens (including phenoxy) is 1. The summed E-state index contributed by atoms with van der Waals surface area (Å²) in [6.07, 6.45) is 1.44. The number of hydrogen-bond donors (Lipinski definition) is 2. The number of hydrogen-bond acceptors (Lipinski definition) is 5. The van der Waals surface area contributed by atoms with E-state index >= 15 is 0 Å². The van der Waals surface area contributed by atoms with Crippen LogP contribution in [0.15, 0.2) is 54.6 Å². The summed E-state index contributed by atoms with van der Waals surface area (Å²) < 4.78 is 34.0. The highest BCUT2D eigenvalue weighted by Crippen LogP contribution is 2.32. The summed E-state index contributed by atoms with van der Waals surface area (Å²) in [6.45, 7) is 0.488. The number of cyclic esters (lactones) is 1. The zero-order chi connectivity index (χ0) is 22.4. The van der Waals surface area contributed by atoms with E-state index in [2.05, 4.69) is 0 Å². The summed E-state index contributed by atoms with van der Waals surface area (Å²) in [7, 11) is 0. The van der Waals surface area contributed by atoms with Gasteiger partial charge >= 0.3 is 18.0 Å². The lowest BCUT2D eigenvalue weighted by Crippen LogP contribution is -2.45. The summed E-state index contributed by atoms with van der Waals surface area (Å²) in [5, 5.41) is 19.1. The second-order valence-corrected chi connectivity index (χ2v) is 8.33. The molecule has 2 atom stereocenters. The maximum Gasteiger partial charge on any atom is 0.410 e. The Morgan fingerprint density at radius 3 is 2.71 bits per heavy atom. The highest BCUT2D eigenvalue weighted by atomic mass is 32.1. The lowest BCUT2D eigenvalue weighted by atomic mass is 10.0. The topological polar surface area (TPSA) is 87.1 Å². The van der Waals surface area contributed by atoms with E-state index in [1.165, 1.54) is 52.6 Å². The van der Waals surface area contributed by atoms with Crippen LogP contribution in [0.5, 0.6) is 0 Å². The number of halogens is 2. The molecule has 0 radical (unpaired) electrons. The van der Waals surface area contributed by atoms with Crippen molar-refractivity contribution < 1.29 is 33.3 Å². The summed E-state index contributed by atoms with van der Waals surface area (Å²) in [5.41, 5.74) is -0.288. The van der Waals surface area contributed by atoms with Crippen LogP contribution in [-0.2, 0) is 17.1 Å². The molecule has 31 heavy (non-hydrogen) atoms. The van der Waals surface area contributed by atoms with Gasteiger partial charge in [-0.15, -0.1) is 11.3 Å². The third-order valence-electron chi connectivity index (χ3n) is 5.01. The van der Waals surface area contributed by atoms with Crippen molar-refractivity contribution in [2.24, 2.45) is 0 Å². The van der Waals surface area contributed by atoms with Crippen LogP contribution >= 0.6 is 11.3 Å². The maximum absolute atomic E-state index is 14.5. The van der Waals surface area contributed by atoms with Crippen LogP contribution in [0.2, 0.25) is 0 Å². The summed E-state index contributed by atoms with van der Waals surface area (Å²) in [4.78, 5) is 25.7. The van der Waals surface area contributed by atoms with Crippen molar-refractivity contribution in [3.63, 3.8) is 0 Å². The minimum Gasteiger partial charge on any atom is -0.477 e. The number of amides is 1. The molecule has 3 rings (SSSR count). The van der Waals surface area contributed by atoms with Crippen LogP contribution in [0.25, 0.3) is 0 Å². The highest BCUT2D eigenvalue weighted by Gasteiger charge is 2.39. The molecule has 2 N–H and O–H groups in total. The standard InChI is InChI=1S/C22H23F2NO5S/c23-22(24,15-5-2-1-3-6-15)19(26)11-8-16-12-14-30-21(29)25(16)13-4-7-17-9-10-18(31-17)20(27)28/h1-3,5-6,8-11,16,19,26H,4,7,12-14H2,(H,27,28)/t16-,19+/m0/s1. The van der Waals surface area contributed by atoms with Crippen molar-refractivity contribution in [2.75, 3.05) is 13.2 Å². The molecule has 1 amide bonds. The fourth-order valence-corrected chi connectivity index (χ4v) is 4.22. The smallest absolute Gasteiger partial charge is 0.410 e. The van der Waals surface area contributed by atoms with Gasteiger partial charge in [0, 0.05) is 23.4 Å². The predicted octanol–water partition coefficient (Wildman–Crippen LogP) is 4.30. The minimum absolute atomic E-state index is 0.169. The number of aliphatic hydroxyl groups is 1. The molecule has 0 bridgehead atoms. The monoisotopic (exact) mass is 451 g/mol. The van der Waals surface area contributed by atoms with E-state index < -0.39 is 30.1 Å². The van der Waals surface area contributed by atoms with E-state index in [0.717, 1.165) is 11.0 Å². The van der Waals surface area contributed by atoms with Gasteiger partial charge in [0.15, 0.2) is 0 Å². The van der Waals surface area contributed by atoms with Crippen molar-refractivity contribution >= 4 is 23.4 Å². The normalized spacial score (nSPS) is 18.2. The highest BCUT2D eigenvalue weighted by molar-refractivity contribution is 7.13. The summed E-state index contributed by atoms with van der Waals surface area (Å²) in [5.74, 6) is -4.44. The molecule has 6 nitrogen and oxygen atoms in total. The van der Waals surface area contributed by atoms with Crippen molar-refractivity contribution in [1.29, 1.82) is 0 Å². The molecular formula is C22H23F2NO5S. The molecular weight excluding hydrogens is 428 g/mol. The van der Waals surface area contributed by atoms with E-state index in [-0.39, 0.29) is 17.0 Å². The number of aromatic carboxylic acids is 1. The first-order valence-corrected chi connectivity index (χ1v) is 10.7. The molecule has 0 spiro atoms. The molecule has 0 saturated carbocycles. The Bertz CT molecular complexity index is 931. The maximum atomic E-state index is 14.5. The van der Waals surface area contributed by atoms with Gasteiger partial charge in [-0.1, -0.05) is 42.5 Å². The van der Waals surface area contributed by atoms with Crippen LogP contribution < -0.4 is 0 Å². The first kappa shape index (κ1) is 22.9. The summed E-state index contributed by atoms with van der Waals surface area (Å²) >= 11 is 1.18. The van der Waals surface area contributed by atoms with Crippen molar-refractivity contribution in [2.45, 2.75) is 37.3 Å². The number of carboxylic acids is 1.